The van der Waals surface area contributed by atoms with Crippen LogP contribution in [0.5, 0.6) is 0 Å². The van der Waals surface area contributed by atoms with Gasteiger partial charge in [-0.05, 0) is 20.0 Å². The molecule has 84 valence electrons. The predicted molar refractivity (Wildman–Crippen MR) is 58.5 cm³/mol. The normalized spacial score (nSPS) is 16.7. The Morgan fingerprint density at radius 1 is 1.53 bits per heavy atom. The number of fused-ring (bicyclic) bond motifs is 1. The van der Waals surface area contributed by atoms with E-state index >= 15 is 0 Å². The molecule has 1 aromatic rings. The summed E-state index contributed by atoms with van der Waals surface area (Å²) in [4.78, 5) is 2.47. The summed E-state index contributed by atoms with van der Waals surface area (Å²) in [6.45, 7) is 6.30. The summed E-state index contributed by atoms with van der Waals surface area (Å²) in [6, 6.07) is 0. The number of aromatic nitrogens is 1. The van der Waals surface area contributed by atoms with Crippen molar-refractivity contribution in [2.24, 2.45) is 0 Å². The van der Waals surface area contributed by atoms with Crippen molar-refractivity contribution in [3.63, 3.8) is 0 Å². The zero-order valence-electron chi connectivity index (χ0n) is 9.55. The molecule has 0 fully saturated rings. The van der Waals surface area contributed by atoms with Crippen LogP contribution in [0.15, 0.2) is 4.52 Å². The van der Waals surface area contributed by atoms with E-state index < -0.39 is 0 Å². The summed E-state index contributed by atoms with van der Waals surface area (Å²) in [5.41, 5.74) is 2.39. The highest BCUT2D eigenvalue weighted by Gasteiger charge is 2.22. The largest absolute Gasteiger partial charge is 0.361 e. The van der Waals surface area contributed by atoms with Gasteiger partial charge in [0.05, 0.1) is 0 Å². The van der Waals surface area contributed by atoms with Crippen LogP contribution in [0.4, 0.5) is 0 Å². The van der Waals surface area contributed by atoms with Gasteiger partial charge in [0.15, 0.2) is 0 Å². The van der Waals surface area contributed by atoms with E-state index in [1.807, 2.05) is 7.05 Å². The molecular formula is C11H19N3O. The van der Waals surface area contributed by atoms with Gasteiger partial charge < -0.3 is 9.84 Å². The minimum atomic E-state index is 0.804. The molecule has 2 heterocycles. The van der Waals surface area contributed by atoms with E-state index in [4.69, 9.17) is 4.52 Å². The Kier molecular flexibility index (Phi) is 3.38. The van der Waals surface area contributed by atoms with Crippen molar-refractivity contribution in [3.05, 3.63) is 17.0 Å². The monoisotopic (exact) mass is 209 g/mol. The fourth-order valence-electron chi connectivity index (χ4n) is 2.13. The van der Waals surface area contributed by atoms with Gasteiger partial charge in [0.25, 0.3) is 0 Å². The predicted octanol–water partition coefficient (Wildman–Crippen LogP) is 1.16. The summed E-state index contributed by atoms with van der Waals surface area (Å²) >= 11 is 0. The van der Waals surface area contributed by atoms with Crippen molar-refractivity contribution in [1.29, 1.82) is 0 Å². The topological polar surface area (TPSA) is 41.3 Å². The third kappa shape index (κ3) is 2.21. The number of nitrogens with zero attached hydrogens (tertiary/aromatic N) is 2. The molecule has 1 aliphatic rings. The van der Waals surface area contributed by atoms with Crippen LogP contribution in [-0.2, 0) is 19.5 Å². The van der Waals surface area contributed by atoms with E-state index in [0.717, 1.165) is 37.5 Å². The molecule has 15 heavy (non-hydrogen) atoms. The average molecular weight is 209 g/mol. The third-order valence-corrected chi connectivity index (χ3v) is 2.87. The van der Waals surface area contributed by atoms with Crippen LogP contribution in [0.25, 0.3) is 0 Å². The number of rotatable bonds is 4. The van der Waals surface area contributed by atoms with Gasteiger partial charge in [0.2, 0.25) is 0 Å². The first-order valence-corrected chi connectivity index (χ1v) is 5.68. The first kappa shape index (κ1) is 10.6. The Balaban J connectivity index is 2.11. The van der Waals surface area contributed by atoms with Crippen LogP contribution in [0.3, 0.4) is 0 Å². The van der Waals surface area contributed by atoms with E-state index in [-0.39, 0.29) is 0 Å². The van der Waals surface area contributed by atoms with Gasteiger partial charge in [-0.15, -0.1) is 0 Å². The number of hydrogen-bond acceptors (Lipinski definition) is 4. The van der Waals surface area contributed by atoms with E-state index in [0.29, 0.717) is 0 Å². The second-order valence-corrected chi connectivity index (χ2v) is 4.09. The highest BCUT2D eigenvalue weighted by molar-refractivity contribution is 5.25. The van der Waals surface area contributed by atoms with Gasteiger partial charge in [-0.2, -0.15) is 0 Å². The fourth-order valence-corrected chi connectivity index (χ4v) is 2.13. The average Bonchev–Trinajstić information content (AvgIpc) is 2.63. The van der Waals surface area contributed by atoms with Crippen LogP contribution in [0.1, 0.15) is 30.4 Å². The Hall–Kier alpha value is -0.870. The molecule has 0 aromatic carbocycles. The van der Waals surface area contributed by atoms with Crippen LogP contribution in [0.2, 0.25) is 0 Å². The molecule has 4 heteroatoms. The lowest BCUT2D eigenvalue weighted by Crippen LogP contribution is -2.31. The van der Waals surface area contributed by atoms with E-state index in [1.54, 1.807) is 0 Å². The van der Waals surface area contributed by atoms with Gasteiger partial charge in [0, 0.05) is 31.6 Å². The maximum absolute atomic E-state index is 5.35. The van der Waals surface area contributed by atoms with E-state index in [9.17, 15) is 0 Å². The zero-order valence-corrected chi connectivity index (χ0v) is 9.55. The Morgan fingerprint density at radius 3 is 3.13 bits per heavy atom. The minimum absolute atomic E-state index is 0.804. The second kappa shape index (κ2) is 4.77. The summed E-state index contributed by atoms with van der Waals surface area (Å²) in [5.74, 6) is 1.09. The standard InChI is InChI=1S/C11H19N3O/c1-3-5-14-6-4-11-9(8-14)10(7-12-2)13-15-11/h12H,3-8H2,1-2H3. The van der Waals surface area contributed by atoms with Gasteiger partial charge >= 0.3 is 0 Å². The molecule has 0 saturated heterocycles. The van der Waals surface area contributed by atoms with Crippen LogP contribution < -0.4 is 5.32 Å². The molecule has 0 amide bonds. The second-order valence-electron chi connectivity index (χ2n) is 4.09. The van der Waals surface area contributed by atoms with Crippen LogP contribution in [0, 0.1) is 0 Å². The smallest absolute Gasteiger partial charge is 0.142 e. The van der Waals surface area contributed by atoms with Crippen LogP contribution in [-0.4, -0.2) is 30.2 Å². The van der Waals surface area contributed by atoms with Gasteiger partial charge in [0.1, 0.15) is 11.5 Å². The van der Waals surface area contributed by atoms with Crippen molar-refractivity contribution in [2.45, 2.75) is 32.9 Å². The van der Waals surface area contributed by atoms with Crippen molar-refractivity contribution in [3.8, 4) is 0 Å². The SMILES string of the molecule is CCCN1CCc2onc(CNC)c2C1. The first-order valence-electron chi connectivity index (χ1n) is 5.68. The number of hydrogen-bond donors (Lipinski definition) is 1. The van der Waals surface area contributed by atoms with E-state index in [1.165, 1.54) is 18.5 Å². The Labute approximate surface area is 90.6 Å². The molecule has 4 nitrogen and oxygen atoms in total. The summed E-state index contributed by atoms with van der Waals surface area (Å²) in [6.07, 6.45) is 2.22. The zero-order chi connectivity index (χ0) is 10.7. The van der Waals surface area contributed by atoms with Crippen LogP contribution >= 0.6 is 0 Å². The molecule has 0 spiro atoms. The highest BCUT2D eigenvalue weighted by Crippen LogP contribution is 2.22. The molecule has 0 unspecified atom stereocenters. The number of nitrogens with one attached hydrogen (secondary N) is 1. The maximum Gasteiger partial charge on any atom is 0.142 e. The van der Waals surface area contributed by atoms with Gasteiger partial charge in [-0.25, -0.2) is 0 Å². The third-order valence-electron chi connectivity index (χ3n) is 2.87. The molecule has 0 bridgehead atoms. The molecule has 1 N–H and O–H groups in total. The van der Waals surface area contributed by atoms with Gasteiger partial charge in [-0.3, -0.25) is 4.90 Å². The summed E-state index contributed by atoms with van der Waals surface area (Å²) in [7, 11) is 1.94. The molecular weight excluding hydrogens is 190 g/mol. The van der Waals surface area contributed by atoms with Gasteiger partial charge in [-0.1, -0.05) is 12.1 Å². The lowest BCUT2D eigenvalue weighted by molar-refractivity contribution is 0.237. The van der Waals surface area contributed by atoms with Crippen molar-refractivity contribution < 1.29 is 4.52 Å². The van der Waals surface area contributed by atoms with Crippen molar-refractivity contribution in [1.82, 2.24) is 15.4 Å². The molecule has 0 saturated carbocycles. The molecule has 0 atom stereocenters. The lowest BCUT2D eigenvalue weighted by atomic mass is 10.1. The Morgan fingerprint density at radius 2 is 2.40 bits per heavy atom. The molecule has 1 aliphatic heterocycles. The lowest BCUT2D eigenvalue weighted by Gasteiger charge is -2.25. The highest BCUT2D eigenvalue weighted by atomic mass is 16.5. The summed E-state index contributed by atoms with van der Waals surface area (Å²) in [5, 5.41) is 7.24. The molecule has 0 radical (unpaired) electrons. The first-order chi connectivity index (χ1) is 7.35. The Bertz CT molecular complexity index is 322. The van der Waals surface area contributed by atoms with Crippen molar-refractivity contribution >= 4 is 0 Å². The quantitative estimate of drug-likeness (QED) is 0.808. The molecule has 2 rings (SSSR count). The maximum atomic E-state index is 5.35. The molecule has 0 aliphatic carbocycles. The molecule has 1 aromatic heterocycles. The fraction of sp³-hybridized carbons (Fsp3) is 0.727. The summed E-state index contributed by atoms with van der Waals surface area (Å²) < 4.78 is 5.35. The minimum Gasteiger partial charge on any atom is -0.361 e. The van der Waals surface area contributed by atoms with Crippen molar-refractivity contribution in [2.75, 3.05) is 20.1 Å². The van der Waals surface area contributed by atoms with E-state index in [2.05, 4.69) is 22.3 Å².